The number of likely N-dealkylation sites (N-methyl/N-ethyl adjacent to an activating group) is 1. The lowest BCUT2D eigenvalue weighted by Crippen LogP contribution is -2.43. The number of anilines is 2. The van der Waals surface area contributed by atoms with Crippen LogP contribution in [0, 0.1) is 0 Å². The third-order valence-electron chi connectivity index (χ3n) is 4.82. The molecular formula is C23H25N3O3. The van der Waals surface area contributed by atoms with Crippen LogP contribution in [0.2, 0.25) is 0 Å². The van der Waals surface area contributed by atoms with E-state index >= 15 is 0 Å². The number of nitrogens with zero attached hydrogens (tertiary/aromatic N) is 1. The molecule has 6 nitrogen and oxygen atoms in total. The molecule has 0 aromatic heterocycles. The molecule has 150 valence electrons. The molecule has 0 saturated heterocycles. The third kappa shape index (κ3) is 5.33. The van der Waals surface area contributed by atoms with Crippen molar-refractivity contribution < 1.29 is 14.3 Å². The van der Waals surface area contributed by atoms with Gasteiger partial charge in [0.15, 0.2) is 0 Å². The van der Waals surface area contributed by atoms with E-state index in [2.05, 4.69) is 10.6 Å². The van der Waals surface area contributed by atoms with Gasteiger partial charge in [0.05, 0.1) is 19.7 Å². The molecule has 0 radical (unpaired) electrons. The second-order valence-corrected chi connectivity index (χ2v) is 6.92. The van der Waals surface area contributed by atoms with Gasteiger partial charge in [-0.05, 0) is 61.1 Å². The van der Waals surface area contributed by atoms with Crippen molar-refractivity contribution in [2.45, 2.75) is 13.0 Å². The SMILES string of the molecule is COc1ccc(NC(=O)CN(C)[C@@H](C)C(=O)Nc2ccc3ccccc3c2)cc1. The van der Waals surface area contributed by atoms with Crippen LogP contribution in [-0.4, -0.2) is 43.5 Å². The number of hydrogen-bond donors (Lipinski definition) is 2. The Bertz CT molecular complexity index is 1000. The highest BCUT2D eigenvalue weighted by molar-refractivity contribution is 5.98. The Labute approximate surface area is 170 Å². The summed E-state index contributed by atoms with van der Waals surface area (Å²) in [6.07, 6.45) is 0. The van der Waals surface area contributed by atoms with Crippen molar-refractivity contribution in [3.63, 3.8) is 0 Å². The number of carbonyl (C=O) groups excluding carboxylic acids is 2. The maximum Gasteiger partial charge on any atom is 0.241 e. The minimum absolute atomic E-state index is 0.0956. The van der Waals surface area contributed by atoms with E-state index in [0.29, 0.717) is 5.69 Å². The van der Waals surface area contributed by atoms with Crippen LogP contribution in [-0.2, 0) is 9.59 Å². The van der Waals surface area contributed by atoms with Crippen molar-refractivity contribution in [3.8, 4) is 5.75 Å². The highest BCUT2D eigenvalue weighted by Crippen LogP contribution is 2.19. The molecule has 3 aromatic rings. The molecule has 0 aliphatic heterocycles. The summed E-state index contributed by atoms with van der Waals surface area (Å²) in [4.78, 5) is 26.6. The third-order valence-corrected chi connectivity index (χ3v) is 4.82. The molecule has 0 bridgehead atoms. The molecular weight excluding hydrogens is 366 g/mol. The molecule has 3 aromatic carbocycles. The lowest BCUT2D eigenvalue weighted by molar-refractivity contribution is -0.122. The van der Waals surface area contributed by atoms with Crippen LogP contribution in [0.25, 0.3) is 10.8 Å². The number of benzene rings is 3. The smallest absolute Gasteiger partial charge is 0.241 e. The lowest BCUT2D eigenvalue weighted by Gasteiger charge is -2.23. The summed E-state index contributed by atoms with van der Waals surface area (Å²) in [5.74, 6) is 0.363. The largest absolute Gasteiger partial charge is 0.497 e. The van der Waals surface area contributed by atoms with Crippen molar-refractivity contribution in [1.82, 2.24) is 4.90 Å². The summed E-state index contributed by atoms with van der Waals surface area (Å²) in [7, 11) is 3.34. The standard InChI is InChI=1S/C23H25N3O3/c1-16(23(28)25-20-9-8-17-6-4-5-7-18(17)14-20)26(2)15-22(27)24-19-10-12-21(29-3)13-11-19/h4-14,16H,15H2,1-3H3,(H,24,27)(H,25,28)/t16-/m0/s1. The van der Waals surface area contributed by atoms with Gasteiger partial charge in [-0.2, -0.15) is 0 Å². The van der Waals surface area contributed by atoms with Gasteiger partial charge >= 0.3 is 0 Å². The van der Waals surface area contributed by atoms with E-state index in [-0.39, 0.29) is 18.4 Å². The zero-order valence-electron chi connectivity index (χ0n) is 16.8. The number of methoxy groups -OCH3 is 1. The molecule has 0 aliphatic rings. The first kappa shape index (κ1) is 20.4. The number of fused-ring (bicyclic) bond motifs is 1. The van der Waals surface area contributed by atoms with Gasteiger partial charge < -0.3 is 15.4 Å². The summed E-state index contributed by atoms with van der Waals surface area (Å²) in [6.45, 7) is 1.87. The van der Waals surface area contributed by atoms with E-state index < -0.39 is 6.04 Å². The first-order valence-electron chi connectivity index (χ1n) is 9.40. The second-order valence-electron chi connectivity index (χ2n) is 6.92. The van der Waals surface area contributed by atoms with Gasteiger partial charge in [-0.1, -0.05) is 30.3 Å². The number of hydrogen-bond acceptors (Lipinski definition) is 4. The molecule has 2 amide bonds. The van der Waals surface area contributed by atoms with Crippen LogP contribution in [0.5, 0.6) is 5.75 Å². The minimum Gasteiger partial charge on any atom is -0.497 e. The lowest BCUT2D eigenvalue weighted by atomic mass is 10.1. The van der Waals surface area contributed by atoms with Gasteiger partial charge in [-0.25, -0.2) is 0 Å². The monoisotopic (exact) mass is 391 g/mol. The van der Waals surface area contributed by atoms with Crippen LogP contribution in [0.3, 0.4) is 0 Å². The highest BCUT2D eigenvalue weighted by atomic mass is 16.5. The minimum atomic E-state index is -0.469. The Morgan fingerprint density at radius 1 is 0.931 bits per heavy atom. The molecule has 2 N–H and O–H groups in total. The van der Waals surface area contributed by atoms with E-state index in [4.69, 9.17) is 4.74 Å². The summed E-state index contributed by atoms with van der Waals surface area (Å²) in [5.41, 5.74) is 1.41. The summed E-state index contributed by atoms with van der Waals surface area (Å²) in [5, 5.41) is 7.92. The summed E-state index contributed by atoms with van der Waals surface area (Å²) in [6, 6.07) is 20.4. The van der Waals surface area contributed by atoms with E-state index in [1.54, 1.807) is 50.2 Å². The molecule has 0 unspecified atom stereocenters. The highest BCUT2D eigenvalue weighted by Gasteiger charge is 2.20. The Kier molecular flexibility index (Phi) is 6.46. The van der Waals surface area contributed by atoms with Crippen LogP contribution < -0.4 is 15.4 Å². The van der Waals surface area contributed by atoms with Gasteiger partial charge in [0.2, 0.25) is 11.8 Å². The zero-order chi connectivity index (χ0) is 20.8. The fraction of sp³-hybridized carbons (Fsp3) is 0.217. The van der Waals surface area contributed by atoms with Crippen molar-refractivity contribution in [1.29, 1.82) is 0 Å². The van der Waals surface area contributed by atoms with Crippen LogP contribution in [0.4, 0.5) is 11.4 Å². The van der Waals surface area contributed by atoms with Crippen molar-refractivity contribution in [2.24, 2.45) is 0 Å². The van der Waals surface area contributed by atoms with Gasteiger partial charge in [-0.3, -0.25) is 14.5 Å². The Morgan fingerprint density at radius 2 is 1.59 bits per heavy atom. The predicted molar refractivity (Wildman–Crippen MR) is 116 cm³/mol. The maximum absolute atomic E-state index is 12.6. The summed E-state index contributed by atoms with van der Waals surface area (Å²) < 4.78 is 5.10. The van der Waals surface area contributed by atoms with Gasteiger partial charge in [0.25, 0.3) is 0 Å². The summed E-state index contributed by atoms with van der Waals surface area (Å²) >= 11 is 0. The normalized spacial score (nSPS) is 11.9. The number of carbonyl (C=O) groups is 2. The molecule has 0 aliphatic carbocycles. The molecule has 0 saturated carbocycles. The van der Waals surface area contributed by atoms with Crippen molar-refractivity contribution >= 4 is 34.0 Å². The van der Waals surface area contributed by atoms with Crippen LogP contribution >= 0.6 is 0 Å². The van der Waals surface area contributed by atoms with E-state index in [1.807, 2.05) is 42.5 Å². The Balaban J connectivity index is 1.55. The van der Waals surface area contributed by atoms with E-state index in [9.17, 15) is 9.59 Å². The molecule has 6 heteroatoms. The van der Waals surface area contributed by atoms with Gasteiger partial charge in [0, 0.05) is 11.4 Å². The molecule has 0 spiro atoms. The number of ether oxygens (including phenoxy) is 1. The molecule has 1 atom stereocenters. The van der Waals surface area contributed by atoms with E-state index in [1.165, 1.54) is 0 Å². The number of amides is 2. The predicted octanol–water partition coefficient (Wildman–Crippen LogP) is 3.75. The number of rotatable bonds is 7. The molecule has 3 rings (SSSR count). The fourth-order valence-corrected chi connectivity index (χ4v) is 2.95. The second kappa shape index (κ2) is 9.21. The average molecular weight is 391 g/mol. The number of nitrogens with one attached hydrogen (secondary N) is 2. The Hall–Kier alpha value is -3.38. The van der Waals surface area contributed by atoms with Crippen LogP contribution in [0.1, 0.15) is 6.92 Å². The van der Waals surface area contributed by atoms with Crippen molar-refractivity contribution in [3.05, 3.63) is 66.7 Å². The average Bonchev–Trinajstić information content (AvgIpc) is 2.73. The quantitative estimate of drug-likeness (QED) is 0.644. The first-order chi connectivity index (χ1) is 14.0. The Morgan fingerprint density at radius 3 is 2.28 bits per heavy atom. The maximum atomic E-state index is 12.6. The molecule has 0 fully saturated rings. The van der Waals surface area contributed by atoms with E-state index in [0.717, 1.165) is 22.2 Å². The van der Waals surface area contributed by atoms with Gasteiger partial charge in [-0.15, -0.1) is 0 Å². The van der Waals surface area contributed by atoms with Crippen molar-refractivity contribution in [2.75, 3.05) is 31.3 Å². The molecule has 29 heavy (non-hydrogen) atoms. The first-order valence-corrected chi connectivity index (χ1v) is 9.40. The molecule has 0 heterocycles. The fourth-order valence-electron chi connectivity index (χ4n) is 2.95. The zero-order valence-corrected chi connectivity index (χ0v) is 16.8. The topological polar surface area (TPSA) is 70.7 Å². The van der Waals surface area contributed by atoms with Gasteiger partial charge in [0.1, 0.15) is 5.75 Å². The van der Waals surface area contributed by atoms with Crippen LogP contribution in [0.15, 0.2) is 66.7 Å².